The minimum absolute atomic E-state index is 0.0750. The van der Waals surface area contributed by atoms with Crippen LogP contribution in [0.2, 0.25) is 0 Å². The Morgan fingerprint density at radius 1 is 1.31 bits per heavy atom. The van der Waals surface area contributed by atoms with Gasteiger partial charge in [-0.25, -0.2) is 0 Å². The van der Waals surface area contributed by atoms with Gasteiger partial charge in [-0.15, -0.1) is 0 Å². The first kappa shape index (κ1) is 10.2. The van der Waals surface area contributed by atoms with E-state index in [0.29, 0.717) is 12.2 Å². The van der Waals surface area contributed by atoms with E-state index < -0.39 is 4.92 Å². The highest BCUT2D eigenvalue weighted by atomic mass is 16.6. The summed E-state index contributed by atoms with van der Waals surface area (Å²) in [6.45, 7) is 0.501. The molecule has 0 unspecified atom stereocenters. The average molecular weight is 218 g/mol. The van der Waals surface area contributed by atoms with Crippen molar-refractivity contribution in [3.63, 3.8) is 0 Å². The maximum absolute atomic E-state index is 10.7. The standard InChI is InChI=1S/C11H10N2O3/c14-13(15)11-4-2-1-3-10(11)12-7-9-5-6-16-8-9/h1-6,8,12H,7H2. The fourth-order valence-corrected chi connectivity index (χ4v) is 1.37. The molecule has 0 saturated heterocycles. The van der Waals surface area contributed by atoms with Crippen molar-refractivity contribution in [2.45, 2.75) is 6.54 Å². The molecule has 0 saturated carbocycles. The molecule has 5 nitrogen and oxygen atoms in total. The van der Waals surface area contributed by atoms with E-state index >= 15 is 0 Å². The highest BCUT2D eigenvalue weighted by molar-refractivity contribution is 5.61. The highest BCUT2D eigenvalue weighted by Gasteiger charge is 2.11. The van der Waals surface area contributed by atoms with Gasteiger partial charge < -0.3 is 9.73 Å². The Hall–Kier alpha value is -2.30. The molecule has 1 aromatic carbocycles. The molecule has 0 aliphatic heterocycles. The fraction of sp³-hybridized carbons (Fsp3) is 0.0909. The number of nitrogens with zero attached hydrogens (tertiary/aromatic N) is 1. The van der Waals surface area contributed by atoms with Crippen molar-refractivity contribution in [1.29, 1.82) is 0 Å². The molecule has 2 aromatic rings. The van der Waals surface area contributed by atoms with Gasteiger partial charge in [-0.1, -0.05) is 12.1 Å². The summed E-state index contributed by atoms with van der Waals surface area (Å²) in [5, 5.41) is 13.7. The zero-order valence-electron chi connectivity index (χ0n) is 8.42. The molecular weight excluding hydrogens is 208 g/mol. The molecule has 0 aliphatic carbocycles. The largest absolute Gasteiger partial charge is 0.472 e. The summed E-state index contributed by atoms with van der Waals surface area (Å²) in [6, 6.07) is 8.35. The quantitative estimate of drug-likeness (QED) is 0.632. The van der Waals surface area contributed by atoms with Crippen molar-refractivity contribution in [2.24, 2.45) is 0 Å². The van der Waals surface area contributed by atoms with Crippen LogP contribution < -0.4 is 5.32 Å². The van der Waals surface area contributed by atoms with Gasteiger partial charge in [-0.2, -0.15) is 0 Å². The van der Waals surface area contributed by atoms with E-state index in [4.69, 9.17) is 4.42 Å². The molecule has 0 aliphatic rings. The van der Waals surface area contributed by atoms with E-state index in [2.05, 4.69) is 5.32 Å². The molecule has 0 bridgehead atoms. The summed E-state index contributed by atoms with van der Waals surface area (Å²) >= 11 is 0. The van der Waals surface area contributed by atoms with Crippen molar-refractivity contribution >= 4 is 11.4 Å². The summed E-state index contributed by atoms with van der Waals surface area (Å²) in [4.78, 5) is 10.3. The van der Waals surface area contributed by atoms with E-state index in [0.717, 1.165) is 5.56 Å². The molecule has 0 amide bonds. The van der Waals surface area contributed by atoms with Gasteiger partial charge in [0.25, 0.3) is 5.69 Å². The van der Waals surface area contributed by atoms with Gasteiger partial charge in [0.05, 0.1) is 17.4 Å². The Bertz CT molecular complexity index is 480. The number of nitro groups is 1. The van der Waals surface area contributed by atoms with E-state index in [1.807, 2.05) is 6.07 Å². The molecule has 5 heteroatoms. The molecule has 0 atom stereocenters. The minimum atomic E-state index is -0.405. The summed E-state index contributed by atoms with van der Waals surface area (Å²) in [5.74, 6) is 0. The highest BCUT2D eigenvalue weighted by Crippen LogP contribution is 2.23. The van der Waals surface area contributed by atoms with Gasteiger partial charge in [0.15, 0.2) is 0 Å². The predicted molar refractivity (Wildman–Crippen MR) is 59.1 cm³/mol. The van der Waals surface area contributed by atoms with Crippen LogP contribution in [0.25, 0.3) is 0 Å². The molecule has 0 spiro atoms. The zero-order valence-corrected chi connectivity index (χ0v) is 8.42. The number of hydrogen-bond donors (Lipinski definition) is 1. The summed E-state index contributed by atoms with van der Waals surface area (Å²) in [5.41, 5.74) is 1.53. The molecular formula is C11H10N2O3. The van der Waals surface area contributed by atoms with Crippen LogP contribution >= 0.6 is 0 Å². The van der Waals surface area contributed by atoms with E-state index in [-0.39, 0.29) is 5.69 Å². The first-order chi connectivity index (χ1) is 7.77. The number of anilines is 1. The maximum Gasteiger partial charge on any atom is 0.292 e. The van der Waals surface area contributed by atoms with Crippen molar-refractivity contribution in [1.82, 2.24) is 0 Å². The molecule has 82 valence electrons. The topological polar surface area (TPSA) is 68.3 Å². The predicted octanol–water partition coefficient (Wildman–Crippen LogP) is 2.80. The molecule has 0 fully saturated rings. The van der Waals surface area contributed by atoms with E-state index in [9.17, 15) is 10.1 Å². The third kappa shape index (κ3) is 2.20. The first-order valence-corrected chi connectivity index (χ1v) is 4.76. The van der Waals surface area contributed by atoms with Crippen LogP contribution in [0.5, 0.6) is 0 Å². The number of para-hydroxylation sites is 2. The Morgan fingerprint density at radius 2 is 2.12 bits per heavy atom. The molecule has 1 N–H and O–H groups in total. The molecule has 0 radical (unpaired) electrons. The van der Waals surface area contributed by atoms with Crippen LogP contribution in [0.15, 0.2) is 47.3 Å². The lowest BCUT2D eigenvalue weighted by atomic mass is 10.2. The Kier molecular flexibility index (Phi) is 2.86. The van der Waals surface area contributed by atoms with E-state index in [1.165, 1.54) is 6.07 Å². The maximum atomic E-state index is 10.7. The molecule has 1 aromatic heterocycles. The van der Waals surface area contributed by atoms with Gasteiger partial charge in [0, 0.05) is 18.2 Å². The summed E-state index contributed by atoms with van der Waals surface area (Å²) in [7, 11) is 0. The van der Waals surface area contributed by atoms with Gasteiger partial charge >= 0.3 is 0 Å². The van der Waals surface area contributed by atoms with Gasteiger partial charge in [-0.3, -0.25) is 10.1 Å². The van der Waals surface area contributed by atoms with Crippen LogP contribution in [0.1, 0.15) is 5.56 Å². The number of nitrogens with one attached hydrogen (secondary N) is 1. The summed E-state index contributed by atoms with van der Waals surface area (Å²) < 4.78 is 4.91. The summed E-state index contributed by atoms with van der Waals surface area (Å²) in [6.07, 6.45) is 3.16. The number of rotatable bonds is 4. The number of nitro benzene ring substituents is 1. The molecule has 16 heavy (non-hydrogen) atoms. The van der Waals surface area contributed by atoms with Crippen LogP contribution in [0.3, 0.4) is 0 Å². The third-order valence-corrected chi connectivity index (χ3v) is 2.16. The van der Waals surface area contributed by atoms with Gasteiger partial charge in [-0.05, 0) is 12.1 Å². The molecule has 2 rings (SSSR count). The third-order valence-electron chi connectivity index (χ3n) is 2.16. The Morgan fingerprint density at radius 3 is 2.81 bits per heavy atom. The second kappa shape index (κ2) is 4.48. The number of furan rings is 1. The molecule has 1 heterocycles. The number of hydrogen-bond acceptors (Lipinski definition) is 4. The second-order valence-electron chi connectivity index (χ2n) is 3.26. The minimum Gasteiger partial charge on any atom is -0.472 e. The van der Waals surface area contributed by atoms with Crippen molar-refractivity contribution in [2.75, 3.05) is 5.32 Å². The Balaban J connectivity index is 2.12. The zero-order chi connectivity index (χ0) is 11.4. The van der Waals surface area contributed by atoms with Crippen molar-refractivity contribution < 1.29 is 9.34 Å². The van der Waals surface area contributed by atoms with Crippen molar-refractivity contribution in [3.8, 4) is 0 Å². The van der Waals surface area contributed by atoms with Crippen LogP contribution in [-0.4, -0.2) is 4.92 Å². The second-order valence-corrected chi connectivity index (χ2v) is 3.26. The first-order valence-electron chi connectivity index (χ1n) is 4.76. The lowest BCUT2D eigenvalue weighted by Gasteiger charge is -2.04. The lowest BCUT2D eigenvalue weighted by Crippen LogP contribution is -2.01. The normalized spacial score (nSPS) is 10.0. The number of benzene rings is 1. The smallest absolute Gasteiger partial charge is 0.292 e. The van der Waals surface area contributed by atoms with Crippen LogP contribution in [0, 0.1) is 10.1 Å². The fourth-order valence-electron chi connectivity index (χ4n) is 1.37. The Labute approximate surface area is 91.9 Å². The van der Waals surface area contributed by atoms with Gasteiger partial charge in [0.2, 0.25) is 0 Å². The van der Waals surface area contributed by atoms with E-state index in [1.54, 1.807) is 30.7 Å². The van der Waals surface area contributed by atoms with Crippen LogP contribution in [0.4, 0.5) is 11.4 Å². The SMILES string of the molecule is O=[N+]([O-])c1ccccc1NCc1ccoc1. The lowest BCUT2D eigenvalue weighted by molar-refractivity contribution is -0.384. The monoisotopic (exact) mass is 218 g/mol. The van der Waals surface area contributed by atoms with Crippen LogP contribution in [-0.2, 0) is 6.54 Å². The average Bonchev–Trinajstić information content (AvgIpc) is 2.79. The van der Waals surface area contributed by atoms with Gasteiger partial charge in [0.1, 0.15) is 5.69 Å². The van der Waals surface area contributed by atoms with Crippen molar-refractivity contribution in [3.05, 3.63) is 58.5 Å².